The molecule has 2 amide bonds. The molecular formula is C18H24N4O3. The maximum atomic E-state index is 12.8. The van der Waals surface area contributed by atoms with Crippen LogP contribution in [0.5, 0.6) is 0 Å². The number of rotatable bonds is 3. The van der Waals surface area contributed by atoms with Crippen molar-refractivity contribution in [2.45, 2.75) is 32.9 Å². The summed E-state index contributed by atoms with van der Waals surface area (Å²) in [7, 11) is 0. The number of carbonyl (C=O) groups excluding carboxylic acids is 1. The lowest BCUT2D eigenvalue weighted by atomic mass is 10.2. The number of aliphatic hydroxyl groups is 1. The van der Waals surface area contributed by atoms with Gasteiger partial charge in [-0.25, -0.2) is 9.48 Å². The van der Waals surface area contributed by atoms with Crippen LogP contribution in [0.1, 0.15) is 18.3 Å². The Hall–Kier alpha value is -2.38. The van der Waals surface area contributed by atoms with Crippen LogP contribution in [0, 0.1) is 13.8 Å². The van der Waals surface area contributed by atoms with Gasteiger partial charge < -0.3 is 20.1 Å². The van der Waals surface area contributed by atoms with Crippen LogP contribution < -0.4 is 5.32 Å². The summed E-state index contributed by atoms with van der Waals surface area (Å²) in [5, 5.41) is 16.8. The van der Waals surface area contributed by atoms with E-state index in [9.17, 15) is 9.90 Å². The second-order valence-corrected chi connectivity index (χ2v) is 6.43. The van der Waals surface area contributed by atoms with E-state index < -0.39 is 0 Å². The Morgan fingerprint density at radius 3 is 2.84 bits per heavy atom. The van der Waals surface area contributed by atoms with Crippen LogP contribution in [0.3, 0.4) is 0 Å². The summed E-state index contributed by atoms with van der Waals surface area (Å²) in [6.07, 6.45) is -0.340. The van der Waals surface area contributed by atoms with Gasteiger partial charge in [-0.15, -0.1) is 0 Å². The van der Waals surface area contributed by atoms with Gasteiger partial charge in [-0.2, -0.15) is 5.10 Å². The van der Waals surface area contributed by atoms with Gasteiger partial charge in [0.05, 0.1) is 49.0 Å². The van der Waals surface area contributed by atoms with Crippen LogP contribution in [0.4, 0.5) is 10.5 Å². The fourth-order valence-electron chi connectivity index (χ4n) is 3.03. The first-order chi connectivity index (χ1) is 12.0. The number of urea groups is 1. The third kappa shape index (κ3) is 3.67. The second-order valence-electron chi connectivity index (χ2n) is 6.43. The number of aliphatic hydroxyl groups excluding tert-OH is 1. The van der Waals surface area contributed by atoms with E-state index >= 15 is 0 Å². The molecule has 0 radical (unpaired) electrons. The van der Waals surface area contributed by atoms with E-state index in [1.54, 1.807) is 4.90 Å². The number of hydrogen-bond acceptors (Lipinski definition) is 4. The second kappa shape index (κ2) is 7.25. The van der Waals surface area contributed by atoms with Crippen LogP contribution in [-0.2, 0) is 4.74 Å². The molecule has 2 heterocycles. The highest BCUT2D eigenvalue weighted by atomic mass is 16.5. The van der Waals surface area contributed by atoms with Crippen molar-refractivity contribution < 1.29 is 14.6 Å². The van der Waals surface area contributed by atoms with E-state index in [2.05, 4.69) is 10.4 Å². The molecule has 0 saturated carbocycles. The number of para-hydroxylation sites is 2. The highest BCUT2D eigenvalue weighted by Crippen LogP contribution is 2.23. The molecule has 3 rings (SSSR count). The van der Waals surface area contributed by atoms with Crippen LogP contribution >= 0.6 is 0 Å². The van der Waals surface area contributed by atoms with Crippen LogP contribution in [0.25, 0.3) is 5.69 Å². The maximum Gasteiger partial charge on any atom is 0.322 e. The summed E-state index contributed by atoms with van der Waals surface area (Å²) in [5.74, 6) is 0. The van der Waals surface area contributed by atoms with Gasteiger partial charge in [0.15, 0.2) is 0 Å². The van der Waals surface area contributed by atoms with Gasteiger partial charge in [-0.3, -0.25) is 0 Å². The highest BCUT2D eigenvalue weighted by molar-refractivity contribution is 5.91. The maximum absolute atomic E-state index is 12.8. The summed E-state index contributed by atoms with van der Waals surface area (Å²) in [4.78, 5) is 14.5. The molecule has 7 heteroatoms. The number of anilines is 1. The van der Waals surface area contributed by atoms with Gasteiger partial charge in [0.2, 0.25) is 0 Å². The Kier molecular flexibility index (Phi) is 5.06. The summed E-state index contributed by atoms with van der Waals surface area (Å²) >= 11 is 0. The van der Waals surface area contributed by atoms with E-state index in [1.165, 1.54) is 0 Å². The number of carbonyl (C=O) groups is 1. The van der Waals surface area contributed by atoms with Gasteiger partial charge in [0, 0.05) is 5.69 Å². The van der Waals surface area contributed by atoms with Crippen molar-refractivity contribution in [3.05, 3.63) is 41.7 Å². The Balaban J connectivity index is 1.83. The number of aromatic nitrogens is 2. The molecular weight excluding hydrogens is 320 g/mol. The fraction of sp³-hybridized carbons (Fsp3) is 0.444. The predicted molar refractivity (Wildman–Crippen MR) is 95.1 cm³/mol. The Morgan fingerprint density at radius 2 is 2.16 bits per heavy atom. The molecule has 1 aliphatic heterocycles. The average Bonchev–Trinajstić information content (AvgIpc) is 2.94. The molecule has 134 valence electrons. The first-order valence-electron chi connectivity index (χ1n) is 8.42. The molecule has 0 aliphatic carbocycles. The fourth-order valence-corrected chi connectivity index (χ4v) is 3.03. The zero-order valence-electron chi connectivity index (χ0n) is 14.8. The SMILES string of the molecule is Cc1cc(C)n(-c2ccccc2NC(=O)N2C[C@@H](CO)OC[C@H]2C)n1. The molecule has 1 aromatic carbocycles. The molecule has 0 spiro atoms. The minimum absolute atomic E-state index is 0.0522. The van der Waals surface area contributed by atoms with E-state index in [1.807, 2.05) is 55.8 Å². The van der Waals surface area contributed by atoms with Crippen molar-refractivity contribution in [2.24, 2.45) is 0 Å². The molecule has 2 atom stereocenters. The number of hydrogen-bond donors (Lipinski definition) is 2. The molecule has 2 N–H and O–H groups in total. The normalized spacial score (nSPS) is 20.6. The number of ether oxygens (including phenoxy) is 1. The van der Waals surface area contributed by atoms with Gasteiger partial charge in [-0.05, 0) is 39.0 Å². The lowest BCUT2D eigenvalue weighted by Crippen LogP contribution is -2.53. The number of morpholine rings is 1. The highest BCUT2D eigenvalue weighted by Gasteiger charge is 2.29. The quantitative estimate of drug-likeness (QED) is 0.894. The number of nitrogens with one attached hydrogen (secondary N) is 1. The zero-order valence-corrected chi connectivity index (χ0v) is 14.8. The van der Waals surface area contributed by atoms with Crippen molar-refractivity contribution in [3.8, 4) is 5.69 Å². The first kappa shape index (κ1) is 17.4. The lowest BCUT2D eigenvalue weighted by Gasteiger charge is -2.37. The molecule has 25 heavy (non-hydrogen) atoms. The summed E-state index contributed by atoms with van der Waals surface area (Å²) in [6, 6.07) is 9.32. The predicted octanol–water partition coefficient (Wildman–Crippen LogP) is 2.10. The number of nitrogens with zero attached hydrogens (tertiary/aromatic N) is 3. The van der Waals surface area contributed by atoms with E-state index in [0.29, 0.717) is 18.8 Å². The van der Waals surface area contributed by atoms with Crippen molar-refractivity contribution in [1.82, 2.24) is 14.7 Å². The van der Waals surface area contributed by atoms with Crippen LogP contribution in [0.15, 0.2) is 30.3 Å². The van der Waals surface area contributed by atoms with Gasteiger partial charge in [0.25, 0.3) is 0 Å². The average molecular weight is 344 g/mol. The Labute approximate surface area is 147 Å². The van der Waals surface area contributed by atoms with E-state index in [0.717, 1.165) is 17.1 Å². The lowest BCUT2D eigenvalue weighted by molar-refractivity contribution is -0.0611. The Bertz CT molecular complexity index is 759. The molecule has 0 bridgehead atoms. The largest absolute Gasteiger partial charge is 0.394 e. The minimum atomic E-state index is -0.340. The summed E-state index contributed by atoms with van der Waals surface area (Å²) < 4.78 is 7.32. The van der Waals surface area contributed by atoms with Gasteiger partial charge in [-0.1, -0.05) is 12.1 Å². The van der Waals surface area contributed by atoms with Crippen LogP contribution in [-0.4, -0.2) is 57.7 Å². The third-order valence-corrected chi connectivity index (χ3v) is 4.35. The monoisotopic (exact) mass is 344 g/mol. The molecule has 1 aliphatic rings. The first-order valence-corrected chi connectivity index (χ1v) is 8.42. The molecule has 7 nitrogen and oxygen atoms in total. The van der Waals surface area contributed by atoms with E-state index in [4.69, 9.17) is 4.74 Å². The topological polar surface area (TPSA) is 79.6 Å². The van der Waals surface area contributed by atoms with Gasteiger partial charge in [0.1, 0.15) is 0 Å². The third-order valence-electron chi connectivity index (χ3n) is 4.35. The summed E-state index contributed by atoms with van der Waals surface area (Å²) in [6.45, 7) is 6.53. The molecule has 1 fully saturated rings. The van der Waals surface area contributed by atoms with Crippen LogP contribution in [0.2, 0.25) is 0 Å². The van der Waals surface area contributed by atoms with Crippen molar-refractivity contribution >= 4 is 11.7 Å². The smallest absolute Gasteiger partial charge is 0.322 e. The van der Waals surface area contributed by atoms with Crippen molar-refractivity contribution in [2.75, 3.05) is 25.1 Å². The zero-order chi connectivity index (χ0) is 18.0. The van der Waals surface area contributed by atoms with Crippen molar-refractivity contribution in [3.63, 3.8) is 0 Å². The van der Waals surface area contributed by atoms with Crippen molar-refractivity contribution in [1.29, 1.82) is 0 Å². The van der Waals surface area contributed by atoms with Gasteiger partial charge >= 0.3 is 6.03 Å². The number of aryl methyl sites for hydroxylation is 2. The molecule has 1 aromatic heterocycles. The number of benzene rings is 1. The molecule has 2 aromatic rings. The Morgan fingerprint density at radius 1 is 1.40 bits per heavy atom. The molecule has 1 saturated heterocycles. The molecule has 0 unspecified atom stereocenters. The van der Waals surface area contributed by atoms with E-state index in [-0.39, 0.29) is 24.8 Å². The number of amides is 2. The summed E-state index contributed by atoms with van der Waals surface area (Å²) in [5.41, 5.74) is 3.43. The standard InChI is InChI=1S/C18H24N4O3/c1-12-8-13(2)22(20-12)17-7-5-4-6-16(17)19-18(24)21-9-15(10-23)25-11-14(21)3/h4-8,14-15,23H,9-11H2,1-3H3,(H,19,24)/t14-,15+/m1/s1. The minimum Gasteiger partial charge on any atom is -0.394 e.